The second-order valence-corrected chi connectivity index (χ2v) is 4.81. The molecule has 0 aromatic heterocycles. The van der Waals surface area contributed by atoms with Crippen LogP contribution in [0.4, 0.5) is 0 Å². The molecular formula is C11H10BrN3O. The van der Waals surface area contributed by atoms with Crippen molar-refractivity contribution in [3.8, 4) is 0 Å². The van der Waals surface area contributed by atoms with Gasteiger partial charge in [-0.15, -0.1) is 0 Å². The highest BCUT2D eigenvalue weighted by Gasteiger charge is 2.36. The Morgan fingerprint density at radius 3 is 2.88 bits per heavy atom. The number of hydrogen-bond acceptors (Lipinski definition) is 1. The first-order valence-corrected chi connectivity index (χ1v) is 5.86. The average Bonchev–Trinajstić information content (AvgIpc) is 3.03. The molecule has 4 nitrogen and oxygen atoms in total. The van der Waals surface area contributed by atoms with Crippen LogP contribution in [0.3, 0.4) is 0 Å². The van der Waals surface area contributed by atoms with E-state index in [0.29, 0.717) is 5.92 Å². The fourth-order valence-corrected chi connectivity index (χ4v) is 2.27. The number of nitrogens with zero attached hydrogens (tertiary/aromatic N) is 3. The fraction of sp³-hybridized carbons (Fsp3) is 0.364. The summed E-state index contributed by atoms with van der Waals surface area (Å²) in [4.78, 5) is 14.3. The van der Waals surface area contributed by atoms with E-state index in [1.807, 2.05) is 24.3 Å². The molecule has 1 aromatic carbocycles. The summed E-state index contributed by atoms with van der Waals surface area (Å²) in [7, 11) is 0. The fourth-order valence-electron chi connectivity index (χ4n) is 1.85. The van der Waals surface area contributed by atoms with Gasteiger partial charge in [0.05, 0.1) is 5.92 Å². The molecule has 1 saturated carbocycles. The third-order valence-corrected chi connectivity index (χ3v) is 3.20. The zero-order valence-corrected chi connectivity index (χ0v) is 10.1. The van der Waals surface area contributed by atoms with Gasteiger partial charge in [0.1, 0.15) is 0 Å². The van der Waals surface area contributed by atoms with Gasteiger partial charge in [0, 0.05) is 9.38 Å². The highest BCUT2D eigenvalue weighted by molar-refractivity contribution is 9.10. The van der Waals surface area contributed by atoms with Gasteiger partial charge >= 0.3 is 0 Å². The zero-order chi connectivity index (χ0) is 11.5. The number of amides is 1. The molecule has 1 unspecified atom stereocenters. The Bertz CT molecular complexity index is 464. The largest absolute Gasteiger partial charge is 0.292 e. The molecule has 16 heavy (non-hydrogen) atoms. The van der Waals surface area contributed by atoms with Crippen LogP contribution in [-0.4, -0.2) is 5.91 Å². The van der Waals surface area contributed by atoms with Gasteiger partial charge in [-0.1, -0.05) is 28.1 Å². The molecule has 1 aliphatic rings. The number of carbonyl (C=O) groups excluding carboxylic acids is 1. The first kappa shape index (κ1) is 11.2. The van der Waals surface area contributed by atoms with Crippen LogP contribution in [0.2, 0.25) is 0 Å². The van der Waals surface area contributed by atoms with Crippen molar-refractivity contribution in [3.63, 3.8) is 0 Å². The van der Waals surface area contributed by atoms with Crippen molar-refractivity contribution in [2.45, 2.75) is 18.8 Å². The lowest BCUT2D eigenvalue weighted by molar-refractivity contribution is -0.119. The Hall–Kier alpha value is -1.32. The van der Waals surface area contributed by atoms with Crippen molar-refractivity contribution in [3.05, 3.63) is 44.7 Å². The van der Waals surface area contributed by atoms with Crippen molar-refractivity contribution in [1.82, 2.24) is 0 Å². The molecule has 0 aliphatic heterocycles. The van der Waals surface area contributed by atoms with E-state index in [4.69, 9.17) is 5.53 Å². The number of halogens is 1. The lowest BCUT2D eigenvalue weighted by atomic mass is 9.94. The molecule has 1 aromatic rings. The van der Waals surface area contributed by atoms with E-state index in [0.717, 1.165) is 22.9 Å². The van der Waals surface area contributed by atoms with E-state index in [1.54, 1.807) is 0 Å². The summed E-state index contributed by atoms with van der Waals surface area (Å²) in [5, 5.41) is 3.22. The van der Waals surface area contributed by atoms with Gasteiger partial charge in [-0.3, -0.25) is 4.79 Å². The monoisotopic (exact) mass is 279 g/mol. The summed E-state index contributed by atoms with van der Waals surface area (Å²) in [6.07, 6.45) is 2.06. The Kier molecular flexibility index (Phi) is 3.27. The number of benzene rings is 1. The second-order valence-electron chi connectivity index (χ2n) is 3.90. The molecule has 0 saturated heterocycles. The van der Waals surface area contributed by atoms with Crippen LogP contribution in [0.25, 0.3) is 10.4 Å². The van der Waals surface area contributed by atoms with Crippen LogP contribution in [0, 0.1) is 5.92 Å². The topological polar surface area (TPSA) is 65.8 Å². The van der Waals surface area contributed by atoms with Crippen molar-refractivity contribution < 1.29 is 4.79 Å². The maximum atomic E-state index is 11.7. The SMILES string of the molecule is [N-]=[N+]=NC(=O)C(c1cccc(Br)c1)C1CC1. The quantitative estimate of drug-likeness (QED) is 0.472. The Morgan fingerprint density at radius 2 is 2.31 bits per heavy atom. The average molecular weight is 280 g/mol. The highest BCUT2D eigenvalue weighted by Crippen LogP contribution is 2.43. The summed E-state index contributed by atoms with van der Waals surface area (Å²) in [6.45, 7) is 0. The van der Waals surface area contributed by atoms with E-state index in [9.17, 15) is 4.79 Å². The Morgan fingerprint density at radius 1 is 1.56 bits per heavy atom. The predicted octanol–water partition coefficient (Wildman–Crippen LogP) is 3.78. The summed E-state index contributed by atoms with van der Waals surface area (Å²) < 4.78 is 0.935. The summed E-state index contributed by atoms with van der Waals surface area (Å²) >= 11 is 3.37. The Labute approximate surface area is 101 Å². The van der Waals surface area contributed by atoms with Crippen molar-refractivity contribution in [2.75, 3.05) is 0 Å². The minimum absolute atomic E-state index is 0.270. The van der Waals surface area contributed by atoms with Crippen LogP contribution in [0.1, 0.15) is 24.3 Å². The smallest absolute Gasteiger partial charge is 0.226 e. The van der Waals surface area contributed by atoms with Gasteiger partial charge in [0.15, 0.2) is 0 Å². The second kappa shape index (κ2) is 4.68. The molecule has 82 valence electrons. The first-order chi connectivity index (χ1) is 7.72. The number of carbonyl (C=O) groups is 1. The van der Waals surface area contributed by atoms with Crippen LogP contribution in [0.15, 0.2) is 33.9 Å². The number of hydrogen-bond donors (Lipinski definition) is 0. The highest BCUT2D eigenvalue weighted by atomic mass is 79.9. The standard InChI is InChI=1S/C11H10BrN3O/c12-9-3-1-2-8(6-9)10(7-4-5-7)11(16)14-15-13/h1-3,6-7,10H,4-5H2. The lowest BCUT2D eigenvalue weighted by Crippen LogP contribution is -2.11. The summed E-state index contributed by atoms with van der Waals surface area (Å²) in [6, 6.07) is 7.61. The van der Waals surface area contributed by atoms with Gasteiger partial charge in [-0.05, 0) is 47.1 Å². The number of rotatable bonds is 3. The van der Waals surface area contributed by atoms with Crippen LogP contribution < -0.4 is 0 Å². The third-order valence-electron chi connectivity index (χ3n) is 2.71. The van der Waals surface area contributed by atoms with E-state index in [-0.39, 0.29) is 11.8 Å². The van der Waals surface area contributed by atoms with E-state index < -0.39 is 0 Å². The van der Waals surface area contributed by atoms with E-state index in [2.05, 4.69) is 26.0 Å². The molecule has 5 heteroatoms. The van der Waals surface area contributed by atoms with Crippen LogP contribution in [-0.2, 0) is 4.79 Å². The van der Waals surface area contributed by atoms with Gasteiger partial charge in [-0.25, -0.2) is 0 Å². The van der Waals surface area contributed by atoms with Crippen molar-refractivity contribution in [2.24, 2.45) is 11.0 Å². The molecule has 0 radical (unpaired) electrons. The molecule has 1 aliphatic carbocycles. The van der Waals surface area contributed by atoms with Crippen LogP contribution in [0.5, 0.6) is 0 Å². The van der Waals surface area contributed by atoms with E-state index >= 15 is 0 Å². The summed E-state index contributed by atoms with van der Waals surface area (Å²) in [5.41, 5.74) is 9.24. The van der Waals surface area contributed by atoms with E-state index in [1.165, 1.54) is 0 Å². The minimum Gasteiger partial charge on any atom is -0.292 e. The number of azide groups is 1. The molecule has 0 N–H and O–H groups in total. The molecule has 0 bridgehead atoms. The Balaban J connectivity index is 2.32. The van der Waals surface area contributed by atoms with Gasteiger partial charge in [0.25, 0.3) is 0 Å². The minimum atomic E-state index is -0.372. The van der Waals surface area contributed by atoms with Gasteiger partial charge in [0.2, 0.25) is 5.91 Å². The molecule has 1 atom stereocenters. The maximum absolute atomic E-state index is 11.7. The molecule has 2 rings (SSSR count). The third kappa shape index (κ3) is 2.43. The molecule has 0 spiro atoms. The predicted molar refractivity (Wildman–Crippen MR) is 63.8 cm³/mol. The molecule has 1 fully saturated rings. The lowest BCUT2D eigenvalue weighted by Gasteiger charge is -2.12. The van der Waals surface area contributed by atoms with Crippen LogP contribution >= 0.6 is 15.9 Å². The summed E-state index contributed by atoms with van der Waals surface area (Å²) in [5.74, 6) is -0.302. The normalized spacial score (nSPS) is 16.3. The van der Waals surface area contributed by atoms with Crippen molar-refractivity contribution >= 4 is 21.8 Å². The maximum Gasteiger partial charge on any atom is 0.226 e. The van der Waals surface area contributed by atoms with Gasteiger partial charge < -0.3 is 0 Å². The molecule has 1 amide bonds. The van der Waals surface area contributed by atoms with Gasteiger partial charge in [-0.2, -0.15) is 0 Å². The molecular weight excluding hydrogens is 270 g/mol. The zero-order valence-electron chi connectivity index (χ0n) is 8.51. The molecule has 0 heterocycles. The first-order valence-electron chi connectivity index (χ1n) is 5.07. The van der Waals surface area contributed by atoms with Crippen molar-refractivity contribution in [1.29, 1.82) is 0 Å².